The first-order chi connectivity index (χ1) is 9.90. The monoisotopic (exact) mass is 300 g/mol. The summed E-state index contributed by atoms with van der Waals surface area (Å²) in [5.41, 5.74) is -0.745. The zero-order chi connectivity index (χ0) is 16.0. The van der Waals surface area contributed by atoms with Gasteiger partial charge in [0.25, 0.3) is 11.6 Å². The van der Waals surface area contributed by atoms with Gasteiger partial charge in [0.2, 0.25) is 0 Å². The summed E-state index contributed by atoms with van der Waals surface area (Å²) in [4.78, 5) is 22.1. The Hall–Kier alpha value is -2.06. The number of carbonyl (C=O) groups is 1. The minimum atomic E-state index is -0.807. The van der Waals surface area contributed by atoms with E-state index in [1.807, 2.05) is 0 Å². The van der Waals surface area contributed by atoms with Crippen molar-refractivity contribution in [1.82, 2.24) is 5.32 Å². The van der Waals surface area contributed by atoms with Crippen LogP contribution in [-0.4, -0.2) is 42.3 Å². The van der Waals surface area contributed by atoms with Crippen molar-refractivity contribution in [3.8, 4) is 0 Å². The molecule has 0 fully saturated rings. The predicted molar refractivity (Wildman–Crippen MR) is 72.6 cm³/mol. The van der Waals surface area contributed by atoms with E-state index in [0.717, 1.165) is 12.1 Å². The molecular weight excluding hydrogens is 283 g/mol. The van der Waals surface area contributed by atoms with E-state index in [0.29, 0.717) is 0 Å². The number of aliphatic hydroxyl groups is 1. The number of aryl methyl sites for hydroxylation is 1. The van der Waals surface area contributed by atoms with Crippen LogP contribution in [0.25, 0.3) is 0 Å². The molecular formula is C13H17FN2O5. The van der Waals surface area contributed by atoms with Crippen molar-refractivity contribution in [3.63, 3.8) is 0 Å². The summed E-state index contributed by atoms with van der Waals surface area (Å²) in [6.07, 6.45) is 0.231. The molecule has 1 aromatic rings. The second-order valence-electron chi connectivity index (χ2n) is 4.52. The highest BCUT2D eigenvalue weighted by Crippen LogP contribution is 2.21. The molecule has 21 heavy (non-hydrogen) atoms. The van der Waals surface area contributed by atoms with Gasteiger partial charge in [0, 0.05) is 25.8 Å². The van der Waals surface area contributed by atoms with E-state index in [1.54, 1.807) is 0 Å². The van der Waals surface area contributed by atoms with Gasteiger partial charge in [-0.2, -0.15) is 0 Å². The second kappa shape index (κ2) is 7.65. The zero-order valence-corrected chi connectivity index (χ0v) is 11.8. The molecule has 1 atom stereocenters. The Morgan fingerprint density at radius 2 is 2.24 bits per heavy atom. The van der Waals surface area contributed by atoms with Crippen molar-refractivity contribution in [2.45, 2.75) is 19.4 Å². The number of methoxy groups -OCH3 is 1. The average molecular weight is 300 g/mol. The van der Waals surface area contributed by atoms with Crippen LogP contribution in [-0.2, 0) is 4.74 Å². The van der Waals surface area contributed by atoms with Gasteiger partial charge in [-0.3, -0.25) is 14.9 Å². The lowest BCUT2D eigenvalue weighted by molar-refractivity contribution is -0.385. The Balaban J connectivity index is 3.03. The van der Waals surface area contributed by atoms with E-state index in [9.17, 15) is 19.3 Å². The number of halogens is 1. The average Bonchev–Trinajstić information content (AvgIpc) is 2.41. The topological polar surface area (TPSA) is 102 Å². The second-order valence-corrected chi connectivity index (χ2v) is 4.52. The number of benzene rings is 1. The quantitative estimate of drug-likeness (QED) is 0.581. The van der Waals surface area contributed by atoms with Crippen LogP contribution in [0, 0.1) is 22.9 Å². The smallest absolute Gasteiger partial charge is 0.270 e. The van der Waals surface area contributed by atoms with Gasteiger partial charge in [-0.05, 0) is 18.9 Å². The number of nitro benzene ring substituents is 1. The number of ether oxygens (including phenoxy) is 1. The normalized spacial score (nSPS) is 12.0. The Morgan fingerprint density at radius 3 is 2.76 bits per heavy atom. The summed E-state index contributed by atoms with van der Waals surface area (Å²) in [7, 11) is 1.43. The van der Waals surface area contributed by atoms with Gasteiger partial charge in [0.05, 0.1) is 23.1 Å². The van der Waals surface area contributed by atoms with Crippen LogP contribution in [0.1, 0.15) is 22.3 Å². The Labute approximate surface area is 120 Å². The summed E-state index contributed by atoms with van der Waals surface area (Å²) < 4.78 is 18.8. The number of nitrogens with zero attached hydrogens (tertiary/aromatic N) is 1. The predicted octanol–water partition coefficient (Wildman–Crippen LogP) is 1.17. The van der Waals surface area contributed by atoms with Crippen LogP contribution in [0.3, 0.4) is 0 Å². The molecule has 2 N–H and O–H groups in total. The van der Waals surface area contributed by atoms with Crippen LogP contribution in [0.5, 0.6) is 0 Å². The summed E-state index contributed by atoms with van der Waals surface area (Å²) >= 11 is 0. The number of nitro groups is 1. The molecule has 0 radical (unpaired) electrons. The van der Waals surface area contributed by atoms with E-state index in [-0.39, 0.29) is 30.9 Å². The molecule has 0 aliphatic heterocycles. The highest BCUT2D eigenvalue weighted by atomic mass is 19.1. The molecule has 1 unspecified atom stereocenters. The van der Waals surface area contributed by atoms with Crippen LogP contribution in [0.15, 0.2) is 12.1 Å². The summed E-state index contributed by atoms with van der Waals surface area (Å²) in [5, 5.41) is 22.1. The van der Waals surface area contributed by atoms with Gasteiger partial charge in [-0.15, -0.1) is 0 Å². The molecule has 0 aromatic heterocycles. The van der Waals surface area contributed by atoms with Crippen molar-refractivity contribution in [3.05, 3.63) is 39.2 Å². The van der Waals surface area contributed by atoms with Crippen molar-refractivity contribution in [2.75, 3.05) is 20.3 Å². The molecule has 0 aliphatic rings. The fourth-order valence-corrected chi connectivity index (χ4v) is 1.84. The molecule has 0 saturated carbocycles. The van der Waals surface area contributed by atoms with E-state index >= 15 is 0 Å². The SMILES string of the molecule is COCC(CCO)NC(=O)c1cc([N+](=O)[O-])cc(C)c1F. The van der Waals surface area contributed by atoms with Crippen LogP contribution in [0.2, 0.25) is 0 Å². The van der Waals surface area contributed by atoms with Crippen molar-refractivity contribution < 1.29 is 24.0 Å². The van der Waals surface area contributed by atoms with Crippen molar-refractivity contribution in [1.29, 1.82) is 0 Å². The third kappa shape index (κ3) is 4.47. The molecule has 0 heterocycles. The van der Waals surface area contributed by atoms with Crippen LogP contribution < -0.4 is 5.32 Å². The largest absolute Gasteiger partial charge is 0.396 e. The highest BCUT2D eigenvalue weighted by Gasteiger charge is 2.21. The fraction of sp³-hybridized carbons (Fsp3) is 0.462. The molecule has 0 aliphatic carbocycles. The number of amides is 1. The first kappa shape index (κ1) is 17.0. The number of carbonyl (C=O) groups excluding carboxylic acids is 1. The van der Waals surface area contributed by atoms with Crippen LogP contribution in [0.4, 0.5) is 10.1 Å². The lowest BCUT2D eigenvalue weighted by Crippen LogP contribution is -2.39. The first-order valence-corrected chi connectivity index (χ1v) is 6.25. The minimum Gasteiger partial charge on any atom is -0.396 e. The van der Waals surface area contributed by atoms with Crippen molar-refractivity contribution >= 4 is 11.6 Å². The molecule has 116 valence electrons. The van der Waals surface area contributed by atoms with Crippen molar-refractivity contribution in [2.24, 2.45) is 0 Å². The van der Waals surface area contributed by atoms with Gasteiger partial charge in [0.15, 0.2) is 0 Å². The number of hydrogen-bond donors (Lipinski definition) is 2. The molecule has 1 rings (SSSR count). The molecule has 7 nitrogen and oxygen atoms in total. The maximum atomic E-state index is 14.0. The van der Waals surface area contributed by atoms with Gasteiger partial charge in [-0.1, -0.05) is 0 Å². The van der Waals surface area contributed by atoms with Gasteiger partial charge in [-0.25, -0.2) is 4.39 Å². The van der Waals surface area contributed by atoms with Gasteiger partial charge >= 0.3 is 0 Å². The summed E-state index contributed by atoms with van der Waals surface area (Å²) in [6.45, 7) is 1.31. The Morgan fingerprint density at radius 1 is 1.57 bits per heavy atom. The molecule has 1 aromatic carbocycles. The zero-order valence-electron chi connectivity index (χ0n) is 11.8. The van der Waals surface area contributed by atoms with Gasteiger partial charge < -0.3 is 15.2 Å². The lowest BCUT2D eigenvalue weighted by atomic mass is 10.1. The number of nitrogens with one attached hydrogen (secondary N) is 1. The maximum absolute atomic E-state index is 14.0. The fourth-order valence-electron chi connectivity index (χ4n) is 1.84. The minimum absolute atomic E-state index is 0.0137. The van der Waals surface area contributed by atoms with E-state index in [1.165, 1.54) is 14.0 Å². The number of hydrogen-bond acceptors (Lipinski definition) is 5. The Kier molecular flexibility index (Phi) is 6.19. The van der Waals surface area contributed by atoms with Gasteiger partial charge in [0.1, 0.15) is 5.82 Å². The number of aliphatic hydroxyl groups excluding tert-OH is 1. The van der Waals surface area contributed by atoms with E-state index < -0.39 is 28.3 Å². The molecule has 1 amide bonds. The first-order valence-electron chi connectivity index (χ1n) is 6.25. The highest BCUT2D eigenvalue weighted by molar-refractivity contribution is 5.95. The molecule has 0 bridgehead atoms. The lowest BCUT2D eigenvalue weighted by Gasteiger charge is -2.17. The maximum Gasteiger partial charge on any atom is 0.270 e. The summed E-state index contributed by atoms with van der Waals surface area (Å²) in [5.74, 6) is -1.59. The molecule has 0 spiro atoms. The third-order valence-corrected chi connectivity index (χ3v) is 2.88. The molecule has 8 heteroatoms. The Bertz CT molecular complexity index is 530. The van der Waals surface area contributed by atoms with E-state index in [4.69, 9.17) is 9.84 Å². The van der Waals surface area contributed by atoms with Crippen LogP contribution >= 0.6 is 0 Å². The third-order valence-electron chi connectivity index (χ3n) is 2.88. The number of non-ortho nitro benzene ring substituents is 1. The molecule has 0 saturated heterocycles. The van der Waals surface area contributed by atoms with E-state index in [2.05, 4.69) is 5.32 Å². The standard InChI is InChI=1S/C13H17FN2O5/c1-8-5-10(16(19)20)6-11(12(8)14)13(18)15-9(3-4-17)7-21-2/h5-6,9,17H,3-4,7H2,1-2H3,(H,15,18). The number of rotatable bonds is 7. The summed E-state index contributed by atoms with van der Waals surface area (Å²) in [6, 6.07) is 1.44.